The Labute approximate surface area is 191 Å². The van der Waals surface area contributed by atoms with Gasteiger partial charge in [0.2, 0.25) is 5.91 Å². The Morgan fingerprint density at radius 1 is 1.15 bits per heavy atom. The third-order valence-electron chi connectivity index (χ3n) is 5.22. The van der Waals surface area contributed by atoms with Crippen LogP contribution in [0.5, 0.6) is 0 Å². The van der Waals surface area contributed by atoms with Crippen molar-refractivity contribution in [3.05, 3.63) is 71.3 Å². The van der Waals surface area contributed by atoms with Gasteiger partial charge in [-0.3, -0.25) is 9.69 Å². The van der Waals surface area contributed by atoms with Crippen LogP contribution in [0.4, 0.5) is 13.6 Å². The molecule has 1 aliphatic heterocycles. The molecule has 9 heteroatoms. The molecule has 33 heavy (non-hydrogen) atoms. The lowest BCUT2D eigenvalue weighted by Gasteiger charge is -2.31. The maximum atomic E-state index is 13.6. The molecule has 2 aromatic carbocycles. The fraction of sp³-hybridized carbons (Fsp3) is 0.417. The number of nitrogens with two attached hydrogens (primary N) is 1. The highest BCUT2D eigenvalue weighted by atomic mass is 19.1. The highest BCUT2D eigenvalue weighted by molar-refractivity contribution is 5.89. The van der Waals surface area contributed by atoms with Gasteiger partial charge in [-0.1, -0.05) is 30.3 Å². The average Bonchev–Trinajstić information content (AvgIpc) is 3.02. The molecule has 178 valence electrons. The molecule has 7 nitrogen and oxygen atoms in total. The van der Waals surface area contributed by atoms with E-state index in [9.17, 15) is 23.5 Å². The largest absolute Gasteiger partial charge is 0.444 e. The highest BCUT2D eigenvalue weighted by Gasteiger charge is 2.48. The molecule has 2 amide bonds. The maximum absolute atomic E-state index is 13.6. The Morgan fingerprint density at radius 3 is 2.33 bits per heavy atom. The predicted molar refractivity (Wildman–Crippen MR) is 118 cm³/mol. The van der Waals surface area contributed by atoms with Crippen molar-refractivity contribution in [2.24, 2.45) is 5.73 Å². The molecule has 1 fully saturated rings. The van der Waals surface area contributed by atoms with Crippen molar-refractivity contribution in [2.75, 3.05) is 6.67 Å². The van der Waals surface area contributed by atoms with Gasteiger partial charge in [-0.05, 0) is 50.5 Å². The monoisotopic (exact) mass is 461 g/mol. The lowest BCUT2D eigenvalue weighted by molar-refractivity contribution is -0.132. The van der Waals surface area contributed by atoms with Crippen molar-refractivity contribution in [1.29, 1.82) is 0 Å². The summed E-state index contributed by atoms with van der Waals surface area (Å²) in [6.45, 7) is 5.22. The smallest absolute Gasteiger partial charge is 0.412 e. The van der Waals surface area contributed by atoms with Crippen LogP contribution in [0.2, 0.25) is 0 Å². The number of nitrogens with zero attached hydrogens (tertiary/aromatic N) is 2. The van der Waals surface area contributed by atoms with Crippen LogP contribution in [0.3, 0.4) is 0 Å². The summed E-state index contributed by atoms with van der Waals surface area (Å²) in [6, 6.07) is 9.81. The third kappa shape index (κ3) is 6.27. The van der Waals surface area contributed by atoms with Crippen molar-refractivity contribution in [1.82, 2.24) is 9.80 Å². The minimum Gasteiger partial charge on any atom is -0.444 e. The van der Waals surface area contributed by atoms with E-state index in [1.165, 1.54) is 4.90 Å². The molecule has 0 aromatic heterocycles. The average molecular weight is 462 g/mol. The standard InChI is InChI=1S/C24H29F2N3O4/c1-24(2,3)33-23(32)29-14-28(13-15-7-5-4-6-8-15)22(31)20(29)21(30)19(27)11-16-9-17(25)12-18(26)10-16/h4-10,12,19-21,30H,11,13-14,27H2,1-3H3/t19-,20-,21-/m0/s1. The van der Waals surface area contributed by atoms with Gasteiger partial charge in [-0.25, -0.2) is 13.6 Å². The fourth-order valence-corrected chi connectivity index (χ4v) is 3.77. The maximum Gasteiger partial charge on any atom is 0.412 e. The topological polar surface area (TPSA) is 96.1 Å². The molecule has 3 atom stereocenters. The summed E-state index contributed by atoms with van der Waals surface area (Å²) in [6.07, 6.45) is -2.35. The number of carbonyl (C=O) groups is 2. The summed E-state index contributed by atoms with van der Waals surface area (Å²) in [7, 11) is 0. The van der Waals surface area contributed by atoms with Gasteiger partial charge in [-0.2, -0.15) is 0 Å². The second kappa shape index (κ2) is 9.84. The Balaban J connectivity index is 1.83. The normalized spacial score (nSPS) is 18.4. The van der Waals surface area contributed by atoms with Crippen LogP contribution in [-0.4, -0.2) is 57.4 Å². The van der Waals surface area contributed by atoms with Crippen LogP contribution in [-0.2, 0) is 22.5 Å². The van der Waals surface area contributed by atoms with Crippen molar-refractivity contribution in [3.63, 3.8) is 0 Å². The van der Waals surface area contributed by atoms with Crippen molar-refractivity contribution < 1.29 is 28.2 Å². The summed E-state index contributed by atoms with van der Waals surface area (Å²) >= 11 is 0. The van der Waals surface area contributed by atoms with Gasteiger partial charge in [0.1, 0.15) is 29.9 Å². The molecule has 0 unspecified atom stereocenters. The lowest BCUT2D eigenvalue weighted by atomic mass is 9.96. The van der Waals surface area contributed by atoms with E-state index in [1.807, 2.05) is 30.3 Å². The first kappa shape index (κ1) is 24.6. The zero-order valence-corrected chi connectivity index (χ0v) is 18.9. The van der Waals surface area contributed by atoms with Gasteiger partial charge >= 0.3 is 6.09 Å². The first-order chi connectivity index (χ1) is 15.4. The van der Waals surface area contributed by atoms with Crippen molar-refractivity contribution >= 4 is 12.0 Å². The van der Waals surface area contributed by atoms with E-state index < -0.39 is 47.4 Å². The summed E-state index contributed by atoms with van der Waals surface area (Å²) in [5.41, 5.74) is 6.40. The van der Waals surface area contributed by atoms with Crippen molar-refractivity contribution in [3.8, 4) is 0 Å². The van der Waals surface area contributed by atoms with E-state index in [-0.39, 0.29) is 25.2 Å². The molecule has 1 heterocycles. The second-order valence-corrected chi connectivity index (χ2v) is 9.19. The van der Waals surface area contributed by atoms with Gasteiger partial charge < -0.3 is 20.5 Å². The van der Waals surface area contributed by atoms with Gasteiger partial charge in [-0.15, -0.1) is 0 Å². The Morgan fingerprint density at radius 2 is 1.76 bits per heavy atom. The molecule has 0 spiro atoms. The quantitative estimate of drug-likeness (QED) is 0.690. The number of ether oxygens (including phenoxy) is 1. The number of hydrogen-bond donors (Lipinski definition) is 2. The number of hydrogen-bond acceptors (Lipinski definition) is 5. The van der Waals surface area contributed by atoms with Crippen LogP contribution in [0.15, 0.2) is 48.5 Å². The van der Waals surface area contributed by atoms with Crippen LogP contribution < -0.4 is 5.73 Å². The minimum absolute atomic E-state index is 0.0916. The lowest BCUT2D eigenvalue weighted by Crippen LogP contribution is -2.54. The highest BCUT2D eigenvalue weighted by Crippen LogP contribution is 2.25. The zero-order valence-electron chi connectivity index (χ0n) is 18.9. The third-order valence-corrected chi connectivity index (χ3v) is 5.22. The van der Waals surface area contributed by atoms with E-state index in [0.29, 0.717) is 0 Å². The summed E-state index contributed by atoms with van der Waals surface area (Å²) in [5, 5.41) is 11.0. The molecular weight excluding hydrogens is 432 g/mol. The molecule has 1 saturated heterocycles. The number of aliphatic hydroxyl groups is 1. The molecule has 0 saturated carbocycles. The zero-order chi connectivity index (χ0) is 24.3. The Bertz CT molecular complexity index is 977. The number of rotatable bonds is 6. The van der Waals surface area contributed by atoms with Crippen LogP contribution >= 0.6 is 0 Å². The van der Waals surface area contributed by atoms with Gasteiger partial charge in [0.25, 0.3) is 0 Å². The summed E-state index contributed by atoms with van der Waals surface area (Å²) in [5.74, 6) is -2.03. The number of benzene rings is 2. The predicted octanol–water partition coefficient (Wildman–Crippen LogP) is 2.80. The molecule has 2 aromatic rings. The molecule has 3 rings (SSSR count). The number of aliphatic hydroxyl groups excluding tert-OH is 1. The van der Waals surface area contributed by atoms with E-state index >= 15 is 0 Å². The van der Waals surface area contributed by atoms with E-state index in [0.717, 1.165) is 28.7 Å². The van der Waals surface area contributed by atoms with E-state index in [2.05, 4.69) is 0 Å². The SMILES string of the molecule is CC(C)(C)OC(=O)N1CN(Cc2ccccc2)C(=O)[C@@H]1[C@@H](O)[C@@H](N)Cc1cc(F)cc(F)c1. The Kier molecular flexibility index (Phi) is 7.34. The van der Waals surface area contributed by atoms with Gasteiger partial charge in [0, 0.05) is 18.7 Å². The molecular formula is C24H29F2N3O4. The number of carbonyl (C=O) groups excluding carboxylic acids is 2. The first-order valence-electron chi connectivity index (χ1n) is 10.7. The second-order valence-electron chi connectivity index (χ2n) is 9.19. The van der Waals surface area contributed by atoms with Crippen LogP contribution in [0.25, 0.3) is 0 Å². The number of amides is 2. The van der Waals surface area contributed by atoms with Crippen molar-refractivity contribution in [2.45, 2.75) is 57.5 Å². The van der Waals surface area contributed by atoms with Gasteiger partial charge in [0.15, 0.2) is 0 Å². The van der Waals surface area contributed by atoms with Crippen LogP contribution in [0.1, 0.15) is 31.9 Å². The minimum atomic E-state index is -1.49. The summed E-state index contributed by atoms with van der Waals surface area (Å²) in [4.78, 5) is 28.7. The van der Waals surface area contributed by atoms with E-state index in [1.54, 1.807) is 20.8 Å². The first-order valence-corrected chi connectivity index (χ1v) is 10.7. The molecule has 3 N–H and O–H groups in total. The summed E-state index contributed by atoms with van der Waals surface area (Å²) < 4.78 is 32.5. The van der Waals surface area contributed by atoms with Crippen LogP contribution in [0, 0.1) is 11.6 Å². The van der Waals surface area contributed by atoms with Gasteiger partial charge in [0.05, 0.1) is 6.10 Å². The molecule has 1 aliphatic rings. The van der Waals surface area contributed by atoms with E-state index in [4.69, 9.17) is 10.5 Å². The molecule has 0 radical (unpaired) electrons. The molecule has 0 aliphatic carbocycles. The molecule has 0 bridgehead atoms. The number of halogens is 2. The Hall–Kier alpha value is -3.04. The fourth-order valence-electron chi connectivity index (χ4n) is 3.77.